The molecule has 0 saturated carbocycles. The highest BCUT2D eigenvalue weighted by Crippen LogP contribution is 2.15. The van der Waals surface area contributed by atoms with Crippen LogP contribution in [-0.2, 0) is 22.4 Å². The average molecular weight is 300 g/mol. The summed E-state index contributed by atoms with van der Waals surface area (Å²) >= 11 is 0. The highest BCUT2D eigenvalue weighted by atomic mass is 16.5. The van der Waals surface area contributed by atoms with Crippen LogP contribution in [0, 0.1) is 5.92 Å². The van der Waals surface area contributed by atoms with E-state index in [9.17, 15) is 15.0 Å². The van der Waals surface area contributed by atoms with E-state index in [1.165, 1.54) is 0 Å². The lowest BCUT2D eigenvalue weighted by molar-refractivity contribution is -0.147. The summed E-state index contributed by atoms with van der Waals surface area (Å²) in [4.78, 5) is 11.9. The first kappa shape index (κ1) is 15.9. The molecule has 1 unspecified atom stereocenters. The zero-order chi connectivity index (χ0) is 15.9. The Labute approximate surface area is 130 Å². The molecule has 2 aromatic carbocycles. The van der Waals surface area contributed by atoms with Crippen LogP contribution in [0.5, 0.6) is 11.5 Å². The Morgan fingerprint density at radius 3 is 2.00 bits per heavy atom. The number of ether oxygens (including phenoxy) is 1. The van der Waals surface area contributed by atoms with Crippen molar-refractivity contribution in [3.63, 3.8) is 0 Å². The van der Waals surface area contributed by atoms with Gasteiger partial charge in [-0.15, -0.1) is 0 Å². The van der Waals surface area contributed by atoms with Crippen molar-refractivity contribution in [2.75, 3.05) is 6.61 Å². The van der Waals surface area contributed by atoms with E-state index in [0.29, 0.717) is 19.4 Å². The summed E-state index contributed by atoms with van der Waals surface area (Å²) in [6.45, 7) is 2.15. The molecular weight excluding hydrogens is 280 g/mol. The van der Waals surface area contributed by atoms with Gasteiger partial charge in [0.25, 0.3) is 0 Å². The number of esters is 1. The molecule has 0 fully saturated rings. The summed E-state index contributed by atoms with van der Waals surface area (Å²) < 4.78 is 5.28. The number of carbonyl (C=O) groups is 1. The van der Waals surface area contributed by atoms with Crippen LogP contribution in [0.2, 0.25) is 0 Å². The number of hydrogen-bond donors (Lipinski definition) is 2. The van der Waals surface area contributed by atoms with Crippen molar-refractivity contribution in [1.82, 2.24) is 0 Å². The molecule has 0 aromatic heterocycles. The third-order valence-corrected chi connectivity index (χ3v) is 3.45. The molecule has 2 N–H and O–H groups in total. The Morgan fingerprint density at radius 1 is 0.955 bits per heavy atom. The standard InChI is InChI=1S/C18H20O4/c1-13(12-15-4-8-17(20)9-5-15)18(21)22-11-10-14-2-6-16(19)7-3-14/h2-9,13,19-20H,10-12H2,1H3. The Kier molecular flexibility index (Phi) is 5.42. The minimum Gasteiger partial charge on any atom is -0.508 e. The third kappa shape index (κ3) is 4.81. The number of benzene rings is 2. The second-order valence-corrected chi connectivity index (χ2v) is 5.36. The Morgan fingerprint density at radius 2 is 1.45 bits per heavy atom. The number of phenolic OH excluding ortho intramolecular Hbond substituents is 2. The van der Waals surface area contributed by atoms with E-state index in [1.807, 2.05) is 19.1 Å². The summed E-state index contributed by atoms with van der Waals surface area (Å²) in [5, 5.41) is 18.4. The van der Waals surface area contributed by atoms with Crippen LogP contribution in [0.15, 0.2) is 48.5 Å². The van der Waals surface area contributed by atoms with Gasteiger partial charge in [-0.05, 0) is 41.8 Å². The Bertz CT molecular complexity index is 602. The molecule has 0 aliphatic rings. The molecule has 0 bridgehead atoms. The van der Waals surface area contributed by atoms with Gasteiger partial charge in [-0.2, -0.15) is 0 Å². The van der Waals surface area contributed by atoms with Crippen LogP contribution in [-0.4, -0.2) is 22.8 Å². The molecule has 22 heavy (non-hydrogen) atoms. The lowest BCUT2D eigenvalue weighted by Gasteiger charge is -2.11. The van der Waals surface area contributed by atoms with Crippen LogP contribution < -0.4 is 0 Å². The van der Waals surface area contributed by atoms with Crippen LogP contribution in [0.25, 0.3) is 0 Å². The quantitative estimate of drug-likeness (QED) is 0.805. The van der Waals surface area contributed by atoms with Gasteiger partial charge in [0.15, 0.2) is 0 Å². The van der Waals surface area contributed by atoms with Gasteiger partial charge in [0.1, 0.15) is 11.5 Å². The van der Waals surface area contributed by atoms with E-state index in [2.05, 4.69) is 0 Å². The maximum atomic E-state index is 11.9. The summed E-state index contributed by atoms with van der Waals surface area (Å²) in [5.41, 5.74) is 2.00. The van der Waals surface area contributed by atoms with Gasteiger partial charge < -0.3 is 14.9 Å². The topological polar surface area (TPSA) is 66.8 Å². The molecule has 0 aliphatic heterocycles. The van der Waals surface area contributed by atoms with Gasteiger partial charge >= 0.3 is 5.97 Å². The summed E-state index contributed by atoms with van der Waals surface area (Å²) in [5.74, 6) is -0.0210. The van der Waals surface area contributed by atoms with Crippen molar-refractivity contribution in [2.45, 2.75) is 19.8 Å². The van der Waals surface area contributed by atoms with Gasteiger partial charge in [0, 0.05) is 6.42 Å². The van der Waals surface area contributed by atoms with Crippen LogP contribution in [0.3, 0.4) is 0 Å². The molecule has 2 aromatic rings. The van der Waals surface area contributed by atoms with Crippen LogP contribution in [0.1, 0.15) is 18.1 Å². The first-order valence-electron chi connectivity index (χ1n) is 7.27. The van der Waals surface area contributed by atoms with Crippen molar-refractivity contribution < 1.29 is 19.7 Å². The molecule has 2 rings (SSSR count). The molecule has 4 nitrogen and oxygen atoms in total. The van der Waals surface area contributed by atoms with Crippen molar-refractivity contribution in [3.05, 3.63) is 59.7 Å². The predicted molar refractivity (Wildman–Crippen MR) is 83.7 cm³/mol. The lowest BCUT2D eigenvalue weighted by atomic mass is 10.0. The minimum atomic E-state index is -0.232. The molecule has 0 saturated heterocycles. The van der Waals surface area contributed by atoms with Crippen molar-refractivity contribution in [3.8, 4) is 11.5 Å². The van der Waals surface area contributed by atoms with E-state index in [4.69, 9.17) is 4.74 Å². The van der Waals surface area contributed by atoms with Crippen molar-refractivity contribution in [1.29, 1.82) is 0 Å². The molecule has 1 atom stereocenters. The number of aromatic hydroxyl groups is 2. The fourth-order valence-electron chi connectivity index (χ4n) is 2.14. The molecule has 0 radical (unpaired) electrons. The number of rotatable bonds is 6. The first-order chi connectivity index (χ1) is 10.5. The van der Waals surface area contributed by atoms with E-state index < -0.39 is 0 Å². The van der Waals surface area contributed by atoms with E-state index in [0.717, 1.165) is 11.1 Å². The zero-order valence-electron chi connectivity index (χ0n) is 12.5. The van der Waals surface area contributed by atoms with Gasteiger partial charge in [-0.3, -0.25) is 4.79 Å². The molecular formula is C18H20O4. The second kappa shape index (κ2) is 7.50. The highest BCUT2D eigenvalue weighted by Gasteiger charge is 2.15. The minimum absolute atomic E-state index is 0.216. The average Bonchev–Trinajstić information content (AvgIpc) is 2.51. The summed E-state index contributed by atoms with van der Waals surface area (Å²) in [7, 11) is 0. The molecule has 0 heterocycles. The van der Waals surface area contributed by atoms with E-state index >= 15 is 0 Å². The van der Waals surface area contributed by atoms with Crippen molar-refractivity contribution >= 4 is 5.97 Å². The molecule has 0 spiro atoms. The number of carbonyl (C=O) groups excluding carboxylic acids is 1. The Hall–Kier alpha value is -2.49. The smallest absolute Gasteiger partial charge is 0.308 e. The second-order valence-electron chi connectivity index (χ2n) is 5.36. The van der Waals surface area contributed by atoms with Gasteiger partial charge in [0.2, 0.25) is 0 Å². The van der Waals surface area contributed by atoms with Gasteiger partial charge in [0.05, 0.1) is 12.5 Å². The van der Waals surface area contributed by atoms with Crippen LogP contribution >= 0.6 is 0 Å². The summed E-state index contributed by atoms with van der Waals surface area (Å²) in [6, 6.07) is 13.7. The van der Waals surface area contributed by atoms with Crippen LogP contribution in [0.4, 0.5) is 0 Å². The fraction of sp³-hybridized carbons (Fsp3) is 0.278. The van der Waals surface area contributed by atoms with E-state index in [1.54, 1.807) is 36.4 Å². The fourth-order valence-corrected chi connectivity index (χ4v) is 2.14. The van der Waals surface area contributed by atoms with E-state index in [-0.39, 0.29) is 23.4 Å². The maximum Gasteiger partial charge on any atom is 0.308 e. The molecule has 4 heteroatoms. The zero-order valence-corrected chi connectivity index (χ0v) is 12.5. The summed E-state index contributed by atoms with van der Waals surface area (Å²) in [6.07, 6.45) is 1.20. The Balaban J connectivity index is 1.76. The molecule has 0 amide bonds. The lowest BCUT2D eigenvalue weighted by Crippen LogP contribution is -2.18. The predicted octanol–water partition coefficient (Wildman–Crippen LogP) is 3.06. The number of hydrogen-bond acceptors (Lipinski definition) is 4. The monoisotopic (exact) mass is 300 g/mol. The SMILES string of the molecule is CC(Cc1ccc(O)cc1)C(=O)OCCc1ccc(O)cc1. The van der Waals surface area contributed by atoms with Gasteiger partial charge in [-0.25, -0.2) is 0 Å². The maximum absolute atomic E-state index is 11.9. The highest BCUT2D eigenvalue weighted by molar-refractivity contribution is 5.72. The first-order valence-corrected chi connectivity index (χ1v) is 7.27. The molecule has 0 aliphatic carbocycles. The van der Waals surface area contributed by atoms with Gasteiger partial charge in [-0.1, -0.05) is 31.2 Å². The van der Waals surface area contributed by atoms with Crippen molar-refractivity contribution in [2.24, 2.45) is 5.92 Å². The molecule has 116 valence electrons. The number of phenols is 2. The largest absolute Gasteiger partial charge is 0.508 e. The third-order valence-electron chi connectivity index (χ3n) is 3.45. The normalized spacial score (nSPS) is 11.9.